The van der Waals surface area contributed by atoms with Crippen molar-refractivity contribution in [2.45, 2.75) is 458 Å². The van der Waals surface area contributed by atoms with Crippen molar-refractivity contribution < 1.29 is 80.2 Å². The zero-order chi connectivity index (χ0) is 75.8. The van der Waals surface area contributed by atoms with Crippen LogP contribution in [-0.2, 0) is 65.4 Å². The van der Waals surface area contributed by atoms with Gasteiger partial charge in [0.1, 0.15) is 19.3 Å². The summed E-state index contributed by atoms with van der Waals surface area (Å²) in [6.45, 7) is 12.0. The summed E-state index contributed by atoms with van der Waals surface area (Å²) in [4.78, 5) is 73.2. The summed E-state index contributed by atoms with van der Waals surface area (Å²) in [7, 11) is -9.93. The molecule has 0 rings (SSSR count). The number of hydrogen-bond donors (Lipinski definition) is 3. The Morgan fingerprint density at radius 2 is 0.447 bits per heavy atom. The molecule has 0 aliphatic carbocycles. The van der Waals surface area contributed by atoms with Gasteiger partial charge in [-0.3, -0.25) is 37.3 Å². The van der Waals surface area contributed by atoms with Crippen molar-refractivity contribution in [1.82, 2.24) is 0 Å². The molecule has 0 aliphatic heterocycles. The first kappa shape index (κ1) is 101. The van der Waals surface area contributed by atoms with Crippen molar-refractivity contribution in [1.29, 1.82) is 0 Å². The molecule has 0 aromatic carbocycles. The molecule has 0 amide bonds. The van der Waals surface area contributed by atoms with E-state index < -0.39 is 97.5 Å². The summed E-state index contributed by atoms with van der Waals surface area (Å²) in [5.41, 5.74) is 0. The normalized spacial score (nSPS) is 13.9. The molecule has 2 unspecified atom stereocenters. The topological polar surface area (TPSA) is 237 Å². The van der Waals surface area contributed by atoms with E-state index in [9.17, 15) is 43.2 Å². The van der Waals surface area contributed by atoms with Crippen LogP contribution in [0.15, 0.2) is 0 Å². The van der Waals surface area contributed by atoms with Gasteiger partial charge in [-0.05, 0) is 43.4 Å². The van der Waals surface area contributed by atoms with Crippen LogP contribution in [0.3, 0.4) is 0 Å². The molecular weight excluding hydrogens is 1340 g/mol. The summed E-state index contributed by atoms with van der Waals surface area (Å²) >= 11 is 0. The number of rotatable bonds is 82. The molecule has 0 fully saturated rings. The third-order valence-corrected chi connectivity index (χ3v) is 21.5. The highest BCUT2D eigenvalue weighted by atomic mass is 31.2. The minimum atomic E-state index is -4.96. The van der Waals surface area contributed by atoms with Crippen molar-refractivity contribution >= 4 is 39.5 Å². The van der Waals surface area contributed by atoms with Gasteiger partial charge in [0.25, 0.3) is 0 Å². The van der Waals surface area contributed by atoms with Gasteiger partial charge in [-0.2, -0.15) is 0 Å². The van der Waals surface area contributed by atoms with Crippen molar-refractivity contribution in [2.75, 3.05) is 39.6 Å². The first-order valence-corrected chi connectivity index (χ1v) is 46.3. The smallest absolute Gasteiger partial charge is 0.462 e. The molecule has 0 heterocycles. The molecule has 5 atom stereocenters. The molecule has 3 N–H and O–H groups in total. The Kier molecular flexibility index (Phi) is 72.8. The van der Waals surface area contributed by atoms with E-state index in [0.29, 0.717) is 25.7 Å². The molecule has 0 saturated heterocycles. The summed E-state index contributed by atoms with van der Waals surface area (Å²) in [6, 6.07) is 0. The Morgan fingerprint density at radius 1 is 0.262 bits per heavy atom. The van der Waals surface area contributed by atoms with Gasteiger partial charge in [0, 0.05) is 25.7 Å². The van der Waals surface area contributed by atoms with Gasteiger partial charge in [0.05, 0.1) is 26.4 Å². The predicted molar refractivity (Wildman–Crippen MR) is 423 cm³/mol. The molecule has 0 spiro atoms. The molecule has 0 aromatic rings. The third kappa shape index (κ3) is 78.0. The van der Waals surface area contributed by atoms with Gasteiger partial charge < -0.3 is 33.8 Å². The number of unbranched alkanes of at least 4 members (excludes halogenated alkanes) is 50. The second kappa shape index (κ2) is 74.2. The second-order valence-corrected chi connectivity index (χ2v) is 34.6. The fraction of sp³-hybridized carbons (Fsp3) is 0.952. The largest absolute Gasteiger partial charge is 0.472 e. The number of aliphatic hydroxyl groups is 1. The highest BCUT2D eigenvalue weighted by molar-refractivity contribution is 7.47. The van der Waals surface area contributed by atoms with Crippen LogP contribution in [0.1, 0.15) is 440 Å². The Hall–Kier alpha value is -1.94. The van der Waals surface area contributed by atoms with E-state index in [1.807, 2.05) is 0 Å². The zero-order valence-corrected chi connectivity index (χ0v) is 69.6. The van der Waals surface area contributed by atoms with Crippen LogP contribution in [0.25, 0.3) is 0 Å². The van der Waals surface area contributed by atoms with Crippen LogP contribution in [0, 0.1) is 17.8 Å². The lowest BCUT2D eigenvalue weighted by Crippen LogP contribution is -2.30. The summed E-state index contributed by atoms with van der Waals surface area (Å²) in [5.74, 6) is 0.290. The molecule has 0 aliphatic rings. The molecule has 103 heavy (non-hydrogen) atoms. The third-order valence-electron chi connectivity index (χ3n) is 19.6. The Morgan fingerprint density at radius 3 is 0.660 bits per heavy atom. The number of carbonyl (C=O) groups excluding carboxylic acids is 4. The van der Waals surface area contributed by atoms with Crippen LogP contribution in [0.2, 0.25) is 0 Å². The summed E-state index contributed by atoms with van der Waals surface area (Å²) in [6.07, 6.45) is 63.7. The van der Waals surface area contributed by atoms with E-state index >= 15 is 0 Å². The fourth-order valence-corrected chi connectivity index (χ4v) is 14.6. The summed E-state index contributed by atoms with van der Waals surface area (Å²) in [5, 5.41) is 10.7. The molecule has 0 bridgehead atoms. The Labute approximate surface area is 632 Å². The minimum Gasteiger partial charge on any atom is -0.462 e. The number of aliphatic hydroxyl groups excluding tert-OH is 1. The highest BCUT2D eigenvalue weighted by Crippen LogP contribution is 2.45. The Bertz CT molecular complexity index is 1990. The molecule has 0 radical (unpaired) electrons. The average molecular weight is 1510 g/mol. The number of phosphoric ester groups is 2. The van der Waals surface area contributed by atoms with Crippen LogP contribution >= 0.6 is 15.6 Å². The quantitative estimate of drug-likeness (QED) is 0.0222. The molecule has 17 nitrogen and oxygen atoms in total. The second-order valence-electron chi connectivity index (χ2n) is 31.6. The zero-order valence-electron chi connectivity index (χ0n) is 67.8. The SMILES string of the molecule is CCCCCCCCCCCCCC(=O)OC[C@H](COP(=O)(O)OC[C@H](O)COP(=O)(O)OC[C@@H](COC(=O)CCCCCCCCCCCCCCCCC(C)C)OC(=O)CCCCCCCCCCCCCCCCCCC(C)C)OC(=O)CCCCCCCCCCCCCCCC(C)C. The fourth-order valence-electron chi connectivity index (χ4n) is 13.0. The van der Waals surface area contributed by atoms with E-state index in [1.165, 1.54) is 250 Å². The number of carbonyl (C=O) groups is 4. The van der Waals surface area contributed by atoms with Gasteiger partial charge in [0.15, 0.2) is 12.2 Å². The number of esters is 4. The van der Waals surface area contributed by atoms with E-state index in [4.69, 9.17) is 37.0 Å². The van der Waals surface area contributed by atoms with Crippen molar-refractivity contribution in [2.24, 2.45) is 17.8 Å². The maximum Gasteiger partial charge on any atom is 0.472 e. The Balaban J connectivity index is 5.25. The maximum absolute atomic E-state index is 13.1. The first-order chi connectivity index (χ1) is 49.7. The maximum atomic E-state index is 13.1. The number of ether oxygens (including phenoxy) is 4. The van der Waals surface area contributed by atoms with Gasteiger partial charge in [-0.15, -0.1) is 0 Å². The lowest BCUT2D eigenvalue weighted by atomic mass is 10.0. The van der Waals surface area contributed by atoms with Crippen molar-refractivity contribution in [3.8, 4) is 0 Å². The van der Waals surface area contributed by atoms with Gasteiger partial charge in [0.2, 0.25) is 0 Å². The van der Waals surface area contributed by atoms with E-state index in [1.54, 1.807) is 0 Å². The average Bonchev–Trinajstić information content (AvgIpc) is 0.907. The molecule has 0 aromatic heterocycles. The lowest BCUT2D eigenvalue weighted by molar-refractivity contribution is -0.161. The lowest BCUT2D eigenvalue weighted by Gasteiger charge is -2.21. The van der Waals surface area contributed by atoms with Crippen LogP contribution in [0.4, 0.5) is 0 Å². The molecule has 612 valence electrons. The van der Waals surface area contributed by atoms with Crippen molar-refractivity contribution in [3.05, 3.63) is 0 Å². The van der Waals surface area contributed by atoms with E-state index in [0.717, 1.165) is 108 Å². The van der Waals surface area contributed by atoms with E-state index in [-0.39, 0.29) is 25.7 Å². The molecular formula is C84H164O17P2. The number of hydrogen-bond acceptors (Lipinski definition) is 15. The monoisotopic (exact) mass is 1510 g/mol. The minimum absolute atomic E-state index is 0.107. The van der Waals surface area contributed by atoms with Crippen LogP contribution < -0.4 is 0 Å². The van der Waals surface area contributed by atoms with E-state index in [2.05, 4.69) is 48.5 Å². The van der Waals surface area contributed by atoms with Gasteiger partial charge in [-0.25, -0.2) is 9.13 Å². The highest BCUT2D eigenvalue weighted by Gasteiger charge is 2.30. The summed E-state index contributed by atoms with van der Waals surface area (Å²) < 4.78 is 68.8. The van der Waals surface area contributed by atoms with Crippen molar-refractivity contribution in [3.63, 3.8) is 0 Å². The standard InChI is InChI=1S/C84H164O17P2/c1-8-9-10-11-12-13-27-37-44-51-58-65-81(86)94-71-79(100-84(89)68-61-54-47-40-33-26-20-23-30-36-43-50-57-64-77(6)7)73-98-102(90,91)96-69-78(85)70-97-103(92,93)99-74-80(72-95-82(87)66-59-52-45-38-31-24-19-18-22-29-35-42-49-56-63-76(4)5)101-83(88)67-60-53-46-39-32-25-17-15-14-16-21-28-34-41-48-55-62-75(2)3/h75-80,85H,8-74H2,1-7H3,(H,90,91)(H,92,93)/t78-,79+,80+/m0/s1. The van der Waals surface area contributed by atoms with Gasteiger partial charge >= 0.3 is 39.5 Å². The van der Waals surface area contributed by atoms with Crippen LogP contribution in [-0.4, -0.2) is 96.7 Å². The first-order valence-electron chi connectivity index (χ1n) is 43.3. The molecule has 19 heteroatoms. The number of phosphoric acid groups is 2. The van der Waals surface area contributed by atoms with Gasteiger partial charge in [-0.1, -0.05) is 389 Å². The van der Waals surface area contributed by atoms with Crippen LogP contribution in [0.5, 0.6) is 0 Å². The molecule has 0 saturated carbocycles. The predicted octanol–water partition coefficient (Wildman–Crippen LogP) is 25.3.